The highest BCUT2D eigenvalue weighted by Gasteiger charge is 2.22. The number of rotatable bonds is 5. The minimum atomic E-state index is -0.407. The SMILES string of the molecule is Cc1cc(C)n(-c2ccc(=O)n(CC(=O)Nc3nnc([C@H]4CCCO4)s3)n2)n1. The predicted molar refractivity (Wildman–Crippen MR) is 102 cm³/mol. The lowest BCUT2D eigenvalue weighted by Crippen LogP contribution is -2.30. The van der Waals surface area contributed by atoms with Crippen molar-refractivity contribution in [3.63, 3.8) is 0 Å². The Labute approximate surface area is 164 Å². The molecule has 0 unspecified atom stereocenters. The molecule has 4 heterocycles. The number of hydrogen-bond acceptors (Lipinski definition) is 8. The van der Waals surface area contributed by atoms with Crippen molar-refractivity contribution in [3.05, 3.63) is 44.9 Å². The maximum absolute atomic E-state index is 12.4. The number of amides is 1. The molecule has 146 valence electrons. The highest BCUT2D eigenvalue weighted by molar-refractivity contribution is 7.15. The maximum atomic E-state index is 12.4. The molecule has 1 N–H and O–H groups in total. The van der Waals surface area contributed by atoms with Crippen LogP contribution in [0.4, 0.5) is 5.13 Å². The van der Waals surface area contributed by atoms with Crippen molar-refractivity contribution in [1.29, 1.82) is 0 Å². The van der Waals surface area contributed by atoms with Crippen LogP contribution < -0.4 is 10.9 Å². The van der Waals surface area contributed by atoms with Crippen LogP contribution in [0, 0.1) is 13.8 Å². The molecule has 1 fully saturated rings. The fourth-order valence-electron chi connectivity index (χ4n) is 3.01. The monoisotopic (exact) mass is 401 g/mol. The first-order valence-corrected chi connectivity index (χ1v) is 9.68. The molecule has 0 radical (unpaired) electrons. The van der Waals surface area contributed by atoms with Crippen molar-refractivity contribution >= 4 is 22.4 Å². The first kappa shape index (κ1) is 18.4. The van der Waals surface area contributed by atoms with Gasteiger partial charge in [-0.25, -0.2) is 9.36 Å². The molecule has 4 rings (SSSR count). The summed E-state index contributed by atoms with van der Waals surface area (Å²) in [6.07, 6.45) is 1.84. The predicted octanol–water partition coefficient (Wildman–Crippen LogP) is 1.39. The van der Waals surface area contributed by atoms with Crippen molar-refractivity contribution < 1.29 is 9.53 Å². The van der Waals surface area contributed by atoms with E-state index in [1.165, 1.54) is 17.4 Å². The van der Waals surface area contributed by atoms with E-state index in [2.05, 4.69) is 25.7 Å². The molecule has 28 heavy (non-hydrogen) atoms. The molecule has 0 bridgehead atoms. The fraction of sp³-hybridized carbons (Fsp3) is 0.412. The minimum Gasteiger partial charge on any atom is -0.371 e. The van der Waals surface area contributed by atoms with E-state index >= 15 is 0 Å². The summed E-state index contributed by atoms with van der Waals surface area (Å²) in [7, 11) is 0. The maximum Gasteiger partial charge on any atom is 0.267 e. The number of anilines is 1. The normalized spacial score (nSPS) is 16.4. The van der Waals surface area contributed by atoms with Gasteiger partial charge in [-0.1, -0.05) is 11.3 Å². The van der Waals surface area contributed by atoms with Crippen LogP contribution in [-0.4, -0.2) is 42.3 Å². The Kier molecular flexibility index (Phi) is 5.01. The smallest absolute Gasteiger partial charge is 0.267 e. The molecule has 1 aliphatic rings. The number of nitrogens with one attached hydrogen (secondary N) is 1. The molecule has 0 spiro atoms. The van der Waals surface area contributed by atoms with Crippen LogP contribution in [0.3, 0.4) is 0 Å². The Bertz CT molecular complexity index is 1060. The Balaban J connectivity index is 1.47. The van der Waals surface area contributed by atoms with Gasteiger partial charge >= 0.3 is 0 Å². The van der Waals surface area contributed by atoms with Crippen LogP contribution >= 0.6 is 11.3 Å². The zero-order valence-electron chi connectivity index (χ0n) is 15.5. The fourth-order valence-corrected chi connectivity index (χ4v) is 3.85. The molecule has 10 nitrogen and oxygen atoms in total. The molecule has 0 saturated carbocycles. The summed E-state index contributed by atoms with van der Waals surface area (Å²) >= 11 is 1.28. The van der Waals surface area contributed by atoms with Crippen molar-refractivity contribution in [2.75, 3.05) is 11.9 Å². The van der Waals surface area contributed by atoms with Crippen molar-refractivity contribution in [2.24, 2.45) is 0 Å². The van der Waals surface area contributed by atoms with E-state index in [9.17, 15) is 9.59 Å². The average molecular weight is 401 g/mol. The van der Waals surface area contributed by atoms with E-state index in [1.807, 2.05) is 19.9 Å². The molecule has 11 heteroatoms. The summed E-state index contributed by atoms with van der Waals surface area (Å²) < 4.78 is 8.29. The number of aryl methyl sites for hydroxylation is 2. The van der Waals surface area contributed by atoms with Gasteiger partial charge in [0.05, 0.1) is 5.69 Å². The second-order valence-electron chi connectivity index (χ2n) is 6.52. The lowest BCUT2D eigenvalue weighted by atomic mass is 10.2. The van der Waals surface area contributed by atoms with Crippen LogP contribution in [0.1, 0.15) is 35.3 Å². The standard InChI is InChI=1S/C17H19N7O3S/c1-10-8-11(2)24(21-10)13-5-6-15(26)23(22-13)9-14(25)18-17-20-19-16(28-17)12-4-3-7-27-12/h5-6,8,12H,3-4,7,9H2,1-2H3,(H,18,20,25)/t12-/m1/s1. The Morgan fingerprint density at radius 2 is 2.18 bits per heavy atom. The molecular weight excluding hydrogens is 382 g/mol. The summed E-state index contributed by atoms with van der Waals surface area (Å²) in [5, 5.41) is 20.4. The summed E-state index contributed by atoms with van der Waals surface area (Å²) in [5.74, 6) is 0.0599. The Hall–Kier alpha value is -2.92. The van der Waals surface area contributed by atoms with Gasteiger partial charge in [0.1, 0.15) is 17.7 Å². The highest BCUT2D eigenvalue weighted by atomic mass is 32.1. The van der Waals surface area contributed by atoms with Gasteiger partial charge in [0.15, 0.2) is 5.82 Å². The van der Waals surface area contributed by atoms with Crippen molar-refractivity contribution in [3.8, 4) is 5.82 Å². The van der Waals surface area contributed by atoms with Gasteiger partial charge < -0.3 is 4.74 Å². The Morgan fingerprint density at radius 3 is 2.89 bits per heavy atom. The quantitative estimate of drug-likeness (QED) is 0.686. The minimum absolute atomic E-state index is 0.0510. The summed E-state index contributed by atoms with van der Waals surface area (Å²) in [6.45, 7) is 4.25. The number of aromatic nitrogens is 6. The van der Waals surface area contributed by atoms with Crippen LogP contribution in [0.2, 0.25) is 0 Å². The molecule has 1 amide bonds. The second-order valence-corrected chi connectivity index (χ2v) is 7.53. The Morgan fingerprint density at radius 1 is 1.32 bits per heavy atom. The van der Waals surface area contributed by atoms with Crippen LogP contribution in [-0.2, 0) is 16.1 Å². The van der Waals surface area contributed by atoms with E-state index in [4.69, 9.17) is 4.74 Å². The lowest BCUT2D eigenvalue weighted by Gasteiger charge is -2.08. The first-order chi connectivity index (χ1) is 13.5. The lowest BCUT2D eigenvalue weighted by molar-refractivity contribution is -0.117. The van der Waals surface area contributed by atoms with Gasteiger partial charge in [-0.05, 0) is 38.8 Å². The zero-order valence-corrected chi connectivity index (χ0v) is 16.3. The molecule has 3 aromatic heterocycles. The van der Waals surface area contributed by atoms with Crippen LogP contribution in [0.5, 0.6) is 0 Å². The largest absolute Gasteiger partial charge is 0.371 e. The van der Waals surface area contributed by atoms with Crippen molar-refractivity contribution in [1.82, 2.24) is 29.8 Å². The van der Waals surface area contributed by atoms with E-state index in [1.54, 1.807) is 10.7 Å². The van der Waals surface area contributed by atoms with Crippen LogP contribution in [0.25, 0.3) is 5.82 Å². The van der Waals surface area contributed by atoms with Gasteiger partial charge in [0.25, 0.3) is 5.56 Å². The number of ether oxygens (including phenoxy) is 1. The van der Waals surface area contributed by atoms with E-state index in [0.717, 1.165) is 33.9 Å². The highest BCUT2D eigenvalue weighted by Crippen LogP contribution is 2.31. The number of carbonyl (C=O) groups excluding carboxylic acids is 1. The third kappa shape index (κ3) is 3.85. The van der Waals surface area contributed by atoms with E-state index < -0.39 is 5.91 Å². The topological polar surface area (TPSA) is 117 Å². The molecule has 1 saturated heterocycles. The van der Waals surface area contributed by atoms with Crippen molar-refractivity contribution in [2.45, 2.75) is 39.3 Å². The number of carbonyl (C=O) groups is 1. The zero-order chi connectivity index (χ0) is 19.7. The van der Waals surface area contributed by atoms with Gasteiger partial charge in [0.2, 0.25) is 11.0 Å². The second kappa shape index (κ2) is 7.60. The average Bonchev–Trinajstić information content (AvgIpc) is 3.38. The molecule has 0 aliphatic carbocycles. The third-order valence-corrected chi connectivity index (χ3v) is 5.20. The first-order valence-electron chi connectivity index (χ1n) is 8.86. The van der Waals surface area contributed by atoms with Gasteiger partial charge in [-0.3, -0.25) is 14.9 Å². The van der Waals surface area contributed by atoms with Gasteiger partial charge in [-0.15, -0.1) is 15.3 Å². The number of nitrogens with zero attached hydrogens (tertiary/aromatic N) is 6. The molecule has 1 aliphatic heterocycles. The van der Waals surface area contributed by atoms with Crippen LogP contribution in [0.15, 0.2) is 23.0 Å². The third-order valence-electron chi connectivity index (χ3n) is 4.26. The van der Waals surface area contributed by atoms with E-state index in [-0.39, 0.29) is 18.2 Å². The summed E-state index contributed by atoms with van der Waals surface area (Å²) in [5.41, 5.74) is 1.35. The molecular formula is C17H19N7O3S. The number of hydrogen-bond donors (Lipinski definition) is 1. The summed E-state index contributed by atoms with van der Waals surface area (Å²) in [6, 6.07) is 4.85. The van der Waals surface area contributed by atoms with Gasteiger partial charge in [-0.2, -0.15) is 5.10 Å². The molecule has 0 aromatic carbocycles. The van der Waals surface area contributed by atoms with E-state index in [0.29, 0.717) is 17.6 Å². The summed E-state index contributed by atoms with van der Waals surface area (Å²) in [4.78, 5) is 24.5. The molecule has 1 atom stereocenters. The molecule has 3 aromatic rings. The van der Waals surface area contributed by atoms with Gasteiger partial charge in [0, 0.05) is 18.4 Å².